The molecule has 0 saturated carbocycles. The first-order valence-electron chi connectivity index (χ1n) is 6.46. The maximum Gasteiger partial charge on any atom is 0.343 e. The Kier molecular flexibility index (Phi) is 3.27. The van der Waals surface area contributed by atoms with Crippen molar-refractivity contribution in [2.45, 2.75) is 12.2 Å². The first-order valence-corrected chi connectivity index (χ1v) is 6.46. The van der Waals surface area contributed by atoms with E-state index in [1.807, 2.05) is 0 Å². The molecule has 0 fully saturated rings. The van der Waals surface area contributed by atoms with Crippen LogP contribution in [-0.2, 0) is 4.74 Å². The zero-order chi connectivity index (χ0) is 15.0. The van der Waals surface area contributed by atoms with Gasteiger partial charge in [-0.05, 0) is 23.8 Å². The van der Waals surface area contributed by atoms with E-state index in [1.54, 1.807) is 30.3 Å². The number of ether oxygens (including phenoxy) is 2. The van der Waals surface area contributed by atoms with Crippen LogP contribution >= 0.6 is 0 Å². The molecule has 5 nitrogen and oxygen atoms in total. The highest BCUT2D eigenvalue weighted by atomic mass is 16.6. The number of aromatic hydroxyl groups is 1. The van der Waals surface area contributed by atoms with E-state index < -0.39 is 18.2 Å². The van der Waals surface area contributed by atoms with Gasteiger partial charge in [-0.15, -0.1) is 0 Å². The number of esters is 1. The molecule has 1 aliphatic rings. The van der Waals surface area contributed by atoms with Gasteiger partial charge in [0.2, 0.25) is 0 Å². The zero-order valence-corrected chi connectivity index (χ0v) is 11.3. The fourth-order valence-electron chi connectivity index (χ4n) is 2.49. The molecule has 2 aromatic carbocycles. The topological polar surface area (TPSA) is 76.0 Å². The van der Waals surface area contributed by atoms with Crippen LogP contribution in [0.2, 0.25) is 0 Å². The summed E-state index contributed by atoms with van der Waals surface area (Å²) in [4.78, 5) is 12.0. The van der Waals surface area contributed by atoms with Crippen molar-refractivity contribution in [1.82, 2.24) is 0 Å². The smallest absolute Gasteiger partial charge is 0.343 e. The third-order valence-electron chi connectivity index (χ3n) is 3.54. The summed E-state index contributed by atoms with van der Waals surface area (Å²) >= 11 is 0. The SMILES string of the molecule is COc1cccc2c1C(=O)OC2C(O)c1ccc(O)cc1. The molecule has 5 heteroatoms. The molecule has 3 rings (SSSR count). The molecule has 108 valence electrons. The third-order valence-corrected chi connectivity index (χ3v) is 3.54. The lowest BCUT2D eigenvalue weighted by Gasteiger charge is -2.18. The molecule has 2 N–H and O–H groups in total. The summed E-state index contributed by atoms with van der Waals surface area (Å²) in [5.74, 6) is 0.0274. The van der Waals surface area contributed by atoms with Crippen LogP contribution in [0.4, 0.5) is 0 Å². The van der Waals surface area contributed by atoms with Crippen molar-refractivity contribution < 1.29 is 24.5 Å². The molecule has 2 unspecified atom stereocenters. The van der Waals surface area contributed by atoms with Crippen LogP contribution in [0.5, 0.6) is 11.5 Å². The summed E-state index contributed by atoms with van der Waals surface area (Å²) in [6, 6.07) is 11.3. The largest absolute Gasteiger partial charge is 0.508 e. The molecule has 0 amide bonds. The number of hydrogen-bond acceptors (Lipinski definition) is 5. The minimum Gasteiger partial charge on any atom is -0.508 e. The number of benzene rings is 2. The standard InChI is InChI=1S/C16H14O5/c1-20-12-4-2-3-11-13(12)16(19)21-15(11)14(18)9-5-7-10(17)8-6-9/h2-8,14-15,17-18H,1H3. The maximum atomic E-state index is 12.0. The number of phenols is 1. The number of rotatable bonds is 3. The molecule has 1 heterocycles. The number of fused-ring (bicyclic) bond motifs is 1. The van der Waals surface area contributed by atoms with Gasteiger partial charge in [0.1, 0.15) is 23.2 Å². The zero-order valence-electron chi connectivity index (χ0n) is 11.3. The van der Waals surface area contributed by atoms with Gasteiger partial charge in [0.15, 0.2) is 6.10 Å². The lowest BCUT2D eigenvalue weighted by Crippen LogP contribution is -2.10. The number of aliphatic hydroxyl groups is 1. The summed E-state index contributed by atoms with van der Waals surface area (Å²) in [5.41, 5.74) is 1.50. The highest BCUT2D eigenvalue weighted by Crippen LogP contribution is 2.42. The van der Waals surface area contributed by atoms with Gasteiger partial charge in [-0.3, -0.25) is 0 Å². The molecule has 0 spiro atoms. The van der Waals surface area contributed by atoms with Crippen LogP contribution < -0.4 is 4.74 Å². The summed E-state index contributed by atoms with van der Waals surface area (Å²) < 4.78 is 10.5. The minimum absolute atomic E-state index is 0.108. The number of aliphatic hydroxyl groups excluding tert-OH is 1. The van der Waals surface area contributed by atoms with Crippen molar-refractivity contribution in [2.24, 2.45) is 0 Å². The van der Waals surface area contributed by atoms with Crippen molar-refractivity contribution >= 4 is 5.97 Å². The van der Waals surface area contributed by atoms with Gasteiger partial charge < -0.3 is 19.7 Å². The second-order valence-corrected chi connectivity index (χ2v) is 4.79. The van der Waals surface area contributed by atoms with E-state index in [0.29, 0.717) is 22.4 Å². The first kappa shape index (κ1) is 13.5. The van der Waals surface area contributed by atoms with E-state index in [0.717, 1.165) is 0 Å². The first-order chi connectivity index (χ1) is 10.1. The molecule has 2 atom stereocenters. The average molecular weight is 286 g/mol. The van der Waals surface area contributed by atoms with E-state index in [-0.39, 0.29) is 5.75 Å². The molecule has 0 radical (unpaired) electrons. The van der Waals surface area contributed by atoms with E-state index >= 15 is 0 Å². The number of carbonyl (C=O) groups is 1. The van der Waals surface area contributed by atoms with Crippen LogP contribution in [0.1, 0.15) is 33.7 Å². The summed E-state index contributed by atoms with van der Waals surface area (Å²) in [6.07, 6.45) is -1.80. The fraction of sp³-hybridized carbons (Fsp3) is 0.188. The van der Waals surface area contributed by atoms with Gasteiger partial charge in [-0.25, -0.2) is 4.79 Å². The Morgan fingerprint density at radius 1 is 1.19 bits per heavy atom. The van der Waals surface area contributed by atoms with Gasteiger partial charge in [0.25, 0.3) is 0 Å². The minimum atomic E-state index is -1.01. The van der Waals surface area contributed by atoms with E-state index in [2.05, 4.69) is 0 Å². The number of hydrogen-bond donors (Lipinski definition) is 2. The van der Waals surface area contributed by atoms with Crippen LogP contribution in [0.3, 0.4) is 0 Å². The van der Waals surface area contributed by atoms with Gasteiger partial charge >= 0.3 is 5.97 Å². The van der Waals surface area contributed by atoms with Gasteiger partial charge in [-0.2, -0.15) is 0 Å². The fourth-order valence-corrected chi connectivity index (χ4v) is 2.49. The van der Waals surface area contributed by atoms with Crippen molar-refractivity contribution in [1.29, 1.82) is 0 Å². The van der Waals surface area contributed by atoms with Crippen LogP contribution in [-0.4, -0.2) is 23.3 Å². The molecule has 1 aliphatic heterocycles. The second-order valence-electron chi connectivity index (χ2n) is 4.79. The Bertz CT molecular complexity index is 678. The molecule has 0 aliphatic carbocycles. The van der Waals surface area contributed by atoms with Crippen LogP contribution in [0, 0.1) is 0 Å². The monoisotopic (exact) mass is 286 g/mol. The van der Waals surface area contributed by atoms with E-state index in [1.165, 1.54) is 19.2 Å². The maximum absolute atomic E-state index is 12.0. The van der Waals surface area contributed by atoms with E-state index in [9.17, 15) is 15.0 Å². The highest BCUT2D eigenvalue weighted by molar-refractivity contribution is 5.97. The van der Waals surface area contributed by atoms with Crippen molar-refractivity contribution in [3.8, 4) is 11.5 Å². The summed E-state index contributed by atoms with van der Waals surface area (Å²) in [7, 11) is 1.48. The quantitative estimate of drug-likeness (QED) is 0.847. The average Bonchev–Trinajstić information content (AvgIpc) is 2.85. The third kappa shape index (κ3) is 2.21. The van der Waals surface area contributed by atoms with Gasteiger partial charge in [0.05, 0.1) is 7.11 Å². The van der Waals surface area contributed by atoms with Crippen molar-refractivity contribution in [2.75, 3.05) is 7.11 Å². The van der Waals surface area contributed by atoms with Crippen LogP contribution in [0.15, 0.2) is 42.5 Å². The molecule has 0 saturated heterocycles. The summed E-state index contributed by atoms with van der Waals surface area (Å²) in [5, 5.41) is 19.7. The number of phenolic OH excluding ortho intramolecular Hbond substituents is 1. The number of cyclic esters (lactones) is 1. The van der Waals surface area contributed by atoms with Gasteiger partial charge in [0, 0.05) is 5.56 Å². The van der Waals surface area contributed by atoms with E-state index in [4.69, 9.17) is 9.47 Å². The molecule has 0 aromatic heterocycles. The van der Waals surface area contributed by atoms with Crippen LogP contribution in [0.25, 0.3) is 0 Å². The molecule has 21 heavy (non-hydrogen) atoms. The lowest BCUT2D eigenvalue weighted by atomic mass is 9.96. The Hall–Kier alpha value is -2.53. The van der Waals surface area contributed by atoms with Gasteiger partial charge in [-0.1, -0.05) is 24.3 Å². The molecular weight excluding hydrogens is 272 g/mol. The second kappa shape index (κ2) is 5.10. The molecule has 0 bridgehead atoms. The Labute approximate surface area is 121 Å². The number of carbonyl (C=O) groups excluding carboxylic acids is 1. The highest BCUT2D eigenvalue weighted by Gasteiger charge is 2.38. The number of methoxy groups -OCH3 is 1. The van der Waals surface area contributed by atoms with Crippen molar-refractivity contribution in [3.63, 3.8) is 0 Å². The lowest BCUT2D eigenvalue weighted by molar-refractivity contribution is -0.0103. The van der Waals surface area contributed by atoms with Crippen molar-refractivity contribution in [3.05, 3.63) is 59.2 Å². The Morgan fingerprint density at radius 2 is 1.90 bits per heavy atom. The normalized spacial score (nSPS) is 18.0. The Morgan fingerprint density at radius 3 is 2.57 bits per heavy atom. The predicted octanol–water partition coefficient (Wildman–Crippen LogP) is 2.35. The Balaban J connectivity index is 1.99. The molecular formula is C16H14O5. The predicted molar refractivity (Wildman–Crippen MR) is 74.2 cm³/mol. The molecule has 2 aromatic rings. The summed E-state index contributed by atoms with van der Waals surface area (Å²) in [6.45, 7) is 0.